The fourth-order valence-electron chi connectivity index (χ4n) is 2.60. The van der Waals surface area contributed by atoms with E-state index >= 15 is 0 Å². The number of nitrogens with one attached hydrogen (secondary N) is 1. The molecule has 8 heteroatoms. The molecule has 0 aliphatic heterocycles. The lowest BCUT2D eigenvalue weighted by atomic mass is 10.2. The van der Waals surface area contributed by atoms with Gasteiger partial charge >= 0.3 is 0 Å². The van der Waals surface area contributed by atoms with E-state index < -0.39 is 0 Å². The number of amides is 1. The number of carbonyl (C=O) groups is 1. The zero-order valence-electron chi connectivity index (χ0n) is 15.8. The van der Waals surface area contributed by atoms with Gasteiger partial charge in [0.25, 0.3) is 0 Å². The first-order chi connectivity index (χ1) is 13.6. The van der Waals surface area contributed by atoms with E-state index in [-0.39, 0.29) is 5.91 Å². The van der Waals surface area contributed by atoms with Crippen LogP contribution >= 0.6 is 0 Å². The molecule has 146 valence electrons. The number of nitrogens with zero attached hydrogens (tertiary/aromatic N) is 2. The number of methoxy groups -OCH3 is 2. The summed E-state index contributed by atoms with van der Waals surface area (Å²) in [5, 5.41) is 6.77. The molecule has 1 aromatic heterocycles. The summed E-state index contributed by atoms with van der Waals surface area (Å²) in [6.07, 6.45) is 1.38. The van der Waals surface area contributed by atoms with Gasteiger partial charge in [0.1, 0.15) is 11.5 Å². The van der Waals surface area contributed by atoms with E-state index in [1.807, 2.05) is 24.3 Å². The van der Waals surface area contributed by atoms with Crippen molar-refractivity contribution >= 4 is 17.3 Å². The van der Waals surface area contributed by atoms with Crippen LogP contribution < -0.4 is 20.5 Å². The second kappa shape index (κ2) is 8.90. The summed E-state index contributed by atoms with van der Waals surface area (Å²) in [6, 6.07) is 12.5. The number of hydrogen-bond acceptors (Lipinski definition) is 7. The Morgan fingerprint density at radius 1 is 1.11 bits per heavy atom. The molecule has 0 fully saturated rings. The molecule has 0 spiro atoms. The standard InChI is InChI=1S/C20H22N4O4/c1-26-14-8-6-13(7-9-14)20-23-19(28-24-20)5-3-4-18(25)22-17-12-15(27-2)10-11-16(17)21/h6-12H,3-5,21H2,1-2H3,(H,22,25). The molecule has 0 radical (unpaired) electrons. The normalized spacial score (nSPS) is 10.5. The Kier molecular flexibility index (Phi) is 6.11. The Bertz CT molecular complexity index is 938. The molecule has 0 saturated carbocycles. The fourth-order valence-corrected chi connectivity index (χ4v) is 2.60. The smallest absolute Gasteiger partial charge is 0.226 e. The van der Waals surface area contributed by atoms with Crippen LogP contribution in [-0.2, 0) is 11.2 Å². The number of nitrogens with two attached hydrogens (primary N) is 1. The second-order valence-corrected chi connectivity index (χ2v) is 6.10. The first kappa shape index (κ1) is 19.2. The summed E-state index contributed by atoms with van der Waals surface area (Å²) in [7, 11) is 3.17. The SMILES string of the molecule is COc1ccc(-c2noc(CCCC(=O)Nc3cc(OC)ccc3N)n2)cc1. The number of hydrogen-bond donors (Lipinski definition) is 2. The summed E-state index contributed by atoms with van der Waals surface area (Å²) in [6.45, 7) is 0. The predicted molar refractivity (Wildman–Crippen MR) is 105 cm³/mol. The highest BCUT2D eigenvalue weighted by Crippen LogP contribution is 2.25. The second-order valence-electron chi connectivity index (χ2n) is 6.10. The zero-order chi connectivity index (χ0) is 19.9. The van der Waals surface area contributed by atoms with Crippen LogP contribution in [0.4, 0.5) is 11.4 Å². The van der Waals surface area contributed by atoms with Crippen molar-refractivity contribution in [3.05, 3.63) is 48.4 Å². The first-order valence-corrected chi connectivity index (χ1v) is 8.79. The van der Waals surface area contributed by atoms with Gasteiger partial charge in [0, 0.05) is 24.5 Å². The lowest BCUT2D eigenvalue weighted by Gasteiger charge is -2.09. The predicted octanol–water partition coefficient (Wildman–Crippen LogP) is 3.30. The number of rotatable bonds is 8. The van der Waals surface area contributed by atoms with Crippen LogP contribution in [0.15, 0.2) is 47.0 Å². The number of benzene rings is 2. The number of aryl methyl sites for hydroxylation is 1. The van der Waals surface area contributed by atoms with E-state index in [9.17, 15) is 4.79 Å². The highest BCUT2D eigenvalue weighted by Gasteiger charge is 2.11. The van der Waals surface area contributed by atoms with Gasteiger partial charge in [-0.2, -0.15) is 4.98 Å². The molecule has 0 bridgehead atoms. The van der Waals surface area contributed by atoms with Gasteiger partial charge in [0.2, 0.25) is 17.6 Å². The average Bonchev–Trinajstić information content (AvgIpc) is 3.18. The Balaban J connectivity index is 1.51. The van der Waals surface area contributed by atoms with Crippen LogP contribution in [0, 0.1) is 0 Å². The molecule has 28 heavy (non-hydrogen) atoms. The largest absolute Gasteiger partial charge is 0.497 e. The van der Waals surface area contributed by atoms with Crippen molar-refractivity contribution < 1.29 is 18.8 Å². The van der Waals surface area contributed by atoms with Crippen molar-refractivity contribution in [1.82, 2.24) is 10.1 Å². The third kappa shape index (κ3) is 4.79. The quantitative estimate of drug-likeness (QED) is 0.575. The molecule has 0 saturated heterocycles. The first-order valence-electron chi connectivity index (χ1n) is 8.79. The van der Waals surface area contributed by atoms with E-state index in [1.54, 1.807) is 32.4 Å². The summed E-state index contributed by atoms with van der Waals surface area (Å²) in [4.78, 5) is 16.5. The van der Waals surface area contributed by atoms with Gasteiger partial charge < -0.3 is 25.0 Å². The molecule has 1 heterocycles. The molecular weight excluding hydrogens is 360 g/mol. The summed E-state index contributed by atoms with van der Waals surface area (Å²) in [5.74, 6) is 2.23. The maximum atomic E-state index is 12.2. The Hall–Kier alpha value is -3.55. The Morgan fingerprint density at radius 3 is 2.54 bits per heavy atom. The van der Waals surface area contributed by atoms with E-state index in [0.29, 0.717) is 48.1 Å². The molecule has 0 aliphatic carbocycles. The minimum atomic E-state index is -0.144. The summed E-state index contributed by atoms with van der Waals surface area (Å²) >= 11 is 0. The molecular formula is C20H22N4O4. The van der Waals surface area contributed by atoms with Crippen molar-refractivity contribution in [3.63, 3.8) is 0 Å². The van der Waals surface area contributed by atoms with Crippen LogP contribution in [0.3, 0.4) is 0 Å². The minimum absolute atomic E-state index is 0.144. The number of ether oxygens (including phenoxy) is 2. The van der Waals surface area contributed by atoms with Gasteiger partial charge in [-0.25, -0.2) is 0 Å². The van der Waals surface area contributed by atoms with Crippen LogP contribution in [0.1, 0.15) is 18.7 Å². The third-order valence-electron chi connectivity index (χ3n) is 4.15. The molecule has 3 aromatic rings. The molecule has 8 nitrogen and oxygen atoms in total. The maximum absolute atomic E-state index is 12.2. The number of nitrogen functional groups attached to an aromatic ring is 1. The van der Waals surface area contributed by atoms with Gasteiger partial charge in [-0.05, 0) is 42.8 Å². The lowest BCUT2D eigenvalue weighted by molar-refractivity contribution is -0.116. The number of carbonyl (C=O) groups excluding carboxylic acids is 1. The van der Waals surface area contributed by atoms with Crippen LogP contribution in [0.25, 0.3) is 11.4 Å². The van der Waals surface area contributed by atoms with Crippen LogP contribution in [0.5, 0.6) is 11.5 Å². The topological polar surface area (TPSA) is 112 Å². The van der Waals surface area contributed by atoms with Gasteiger partial charge in [0.05, 0.1) is 25.6 Å². The summed E-state index contributed by atoms with van der Waals surface area (Å²) < 4.78 is 15.5. The fraction of sp³-hybridized carbons (Fsp3) is 0.250. The van der Waals surface area contributed by atoms with Crippen molar-refractivity contribution in [1.29, 1.82) is 0 Å². The van der Waals surface area contributed by atoms with Gasteiger partial charge in [-0.1, -0.05) is 5.16 Å². The minimum Gasteiger partial charge on any atom is -0.497 e. The molecule has 2 aromatic carbocycles. The number of aromatic nitrogens is 2. The van der Waals surface area contributed by atoms with Crippen molar-refractivity contribution in [3.8, 4) is 22.9 Å². The highest BCUT2D eigenvalue weighted by molar-refractivity contribution is 5.94. The Labute approximate surface area is 162 Å². The van der Waals surface area contributed by atoms with Crippen LogP contribution in [0.2, 0.25) is 0 Å². The van der Waals surface area contributed by atoms with E-state index in [4.69, 9.17) is 19.7 Å². The van der Waals surface area contributed by atoms with Gasteiger partial charge in [-0.15, -0.1) is 0 Å². The zero-order valence-corrected chi connectivity index (χ0v) is 15.8. The molecule has 0 atom stereocenters. The van der Waals surface area contributed by atoms with Gasteiger partial charge in [-0.3, -0.25) is 4.79 Å². The van der Waals surface area contributed by atoms with E-state index in [1.165, 1.54) is 0 Å². The average molecular weight is 382 g/mol. The van der Waals surface area contributed by atoms with Crippen LogP contribution in [-0.4, -0.2) is 30.3 Å². The molecule has 3 N–H and O–H groups in total. The van der Waals surface area contributed by atoms with E-state index in [2.05, 4.69) is 15.5 Å². The van der Waals surface area contributed by atoms with Crippen molar-refractivity contribution in [2.24, 2.45) is 0 Å². The number of anilines is 2. The van der Waals surface area contributed by atoms with Crippen molar-refractivity contribution in [2.75, 3.05) is 25.3 Å². The maximum Gasteiger partial charge on any atom is 0.226 e. The molecule has 3 rings (SSSR count). The Morgan fingerprint density at radius 2 is 1.82 bits per heavy atom. The molecule has 0 unspecified atom stereocenters. The van der Waals surface area contributed by atoms with Gasteiger partial charge in [0.15, 0.2) is 0 Å². The third-order valence-corrected chi connectivity index (χ3v) is 4.15. The molecule has 0 aliphatic rings. The molecule has 1 amide bonds. The van der Waals surface area contributed by atoms with Crippen molar-refractivity contribution in [2.45, 2.75) is 19.3 Å². The lowest BCUT2D eigenvalue weighted by Crippen LogP contribution is -2.13. The van der Waals surface area contributed by atoms with E-state index in [0.717, 1.165) is 11.3 Å². The monoisotopic (exact) mass is 382 g/mol. The highest BCUT2D eigenvalue weighted by atomic mass is 16.5. The summed E-state index contributed by atoms with van der Waals surface area (Å²) in [5.41, 5.74) is 7.73.